The Labute approximate surface area is 319 Å². The summed E-state index contributed by atoms with van der Waals surface area (Å²) in [6.07, 6.45) is 8.02. The van der Waals surface area contributed by atoms with Crippen molar-refractivity contribution in [2.45, 2.75) is 200 Å². The number of carbonyl (C=O) groups excluding carboxylic acids is 1. The molecule has 4 rings (SSSR count). The second kappa shape index (κ2) is 18.2. The Morgan fingerprint density at radius 1 is 0.943 bits per heavy atom. The summed E-state index contributed by atoms with van der Waals surface area (Å²) in [5.74, 6) is -3.88. The highest BCUT2D eigenvalue weighted by Crippen LogP contribution is 2.46. The Bertz CT molecular complexity index is 1250. The number of hydrogen-bond donors (Lipinski definition) is 4. The summed E-state index contributed by atoms with van der Waals surface area (Å²) >= 11 is 0. The van der Waals surface area contributed by atoms with Crippen molar-refractivity contribution in [3.63, 3.8) is 0 Å². The van der Waals surface area contributed by atoms with E-state index >= 15 is 0 Å². The summed E-state index contributed by atoms with van der Waals surface area (Å²) in [6.45, 7) is 19.8. The van der Waals surface area contributed by atoms with Gasteiger partial charge in [0.1, 0.15) is 11.4 Å². The second-order valence-electron chi connectivity index (χ2n) is 17.7. The van der Waals surface area contributed by atoms with Crippen molar-refractivity contribution >= 4 is 11.8 Å². The predicted octanol–water partition coefficient (Wildman–Crippen LogP) is 6.75. The Hall–Kier alpha value is -1.44. The van der Waals surface area contributed by atoms with Crippen LogP contribution in [-0.2, 0) is 33.6 Å². The summed E-state index contributed by atoms with van der Waals surface area (Å²) in [5, 5.41) is 32.5. The third-order valence-corrected chi connectivity index (χ3v) is 14.0. The molecule has 0 bridgehead atoms. The molecule has 53 heavy (non-hydrogen) atoms. The van der Waals surface area contributed by atoms with Crippen LogP contribution in [0.2, 0.25) is 0 Å². The molecule has 4 heterocycles. The lowest BCUT2D eigenvalue weighted by atomic mass is 9.75. The average molecular weight is 752 g/mol. The van der Waals surface area contributed by atoms with Crippen molar-refractivity contribution in [1.82, 2.24) is 0 Å². The van der Waals surface area contributed by atoms with Gasteiger partial charge in [0.25, 0.3) is 0 Å². The normalized spacial score (nSPS) is 43.4. The minimum absolute atomic E-state index is 0.0142. The van der Waals surface area contributed by atoms with Crippen molar-refractivity contribution in [2.75, 3.05) is 0 Å². The van der Waals surface area contributed by atoms with Crippen LogP contribution >= 0.6 is 0 Å². The maximum absolute atomic E-state index is 14.2. The van der Waals surface area contributed by atoms with Crippen LogP contribution in [0.25, 0.3) is 0 Å². The van der Waals surface area contributed by atoms with Gasteiger partial charge in [-0.25, -0.2) is 4.89 Å². The fourth-order valence-electron chi connectivity index (χ4n) is 9.60. The first-order valence-corrected chi connectivity index (χ1v) is 20.8. The largest absolute Gasteiger partial charge is 0.481 e. The van der Waals surface area contributed by atoms with Gasteiger partial charge in [0.15, 0.2) is 0 Å². The number of ether oxygens (including phenoxy) is 3. The smallest absolute Gasteiger partial charge is 0.309 e. The summed E-state index contributed by atoms with van der Waals surface area (Å²) in [7, 11) is 0. The number of nitrogens with two attached hydrogens (primary N) is 1. The number of aliphatic hydroxyl groups is 2. The number of carbonyl (C=O) groups is 2. The van der Waals surface area contributed by atoms with Gasteiger partial charge in [0, 0.05) is 29.7 Å². The molecule has 306 valence electrons. The summed E-state index contributed by atoms with van der Waals surface area (Å²) in [6, 6.07) is -0.254. The number of Topliss-reactive ketones (excluding diaryl/α,β-unsaturated/α-hetero) is 1. The van der Waals surface area contributed by atoms with Crippen LogP contribution < -0.4 is 5.73 Å². The predicted molar refractivity (Wildman–Crippen MR) is 202 cm³/mol. The Morgan fingerprint density at radius 2 is 1.64 bits per heavy atom. The highest BCUT2D eigenvalue weighted by molar-refractivity contribution is 5.83. The number of aliphatic carboxylic acids is 1. The van der Waals surface area contributed by atoms with Gasteiger partial charge in [0.2, 0.25) is 5.79 Å². The molecule has 0 aromatic rings. The van der Waals surface area contributed by atoms with Gasteiger partial charge in [0.05, 0.1) is 48.1 Å². The zero-order valence-corrected chi connectivity index (χ0v) is 34.3. The van der Waals surface area contributed by atoms with E-state index in [1.807, 2.05) is 53.7 Å². The number of carboxylic acids is 1. The lowest BCUT2D eigenvalue weighted by Crippen LogP contribution is -2.57. The van der Waals surface area contributed by atoms with Crippen LogP contribution in [0.4, 0.5) is 0 Å². The van der Waals surface area contributed by atoms with Crippen molar-refractivity contribution in [1.29, 1.82) is 0 Å². The van der Waals surface area contributed by atoms with Crippen LogP contribution in [0.3, 0.4) is 0 Å². The van der Waals surface area contributed by atoms with Gasteiger partial charge < -0.3 is 35.3 Å². The Balaban J connectivity index is 1.48. The van der Waals surface area contributed by atoms with Gasteiger partial charge in [-0.3, -0.25) is 9.59 Å². The van der Waals surface area contributed by atoms with E-state index < -0.39 is 47.0 Å². The average Bonchev–Trinajstić information content (AvgIpc) is 3.19. The zero-order valence-electron chi connectivity index (χ0n) is 34.3. The topological polar surface area (TPSA) is 167 Å². The van der Waals surface area contributed by atoms with E-state index in [0.717, 1.165) is 12.8 Å². The van der Waals surface area contributed by atoms with Crippen LogP contribution in [0.1, 0.15) is 140 Å². The molecule has 0 aromatic carbocycles. The molecule has 0 aromatic heterocycles. The molecule has 5 N–H and O–H groups in total. The molecule has 0 aliphatic carbocycles. The van der Waals surface area contributed by atoms with Crippen LogP contribution in [0, 0.1) is 41.4 Å². The molecule has 1 spiro atoms. The molecular formula is C42H73NO10. The van der Waals surface area contributed by atoms with E-state index in [9.17, 15) is 24.9 Å². The van der Waals surface area contributed by atoms with Gasteiger partial charge in [-0.1, -0.05) is 61.5 Å². The summed E-state index contributed by atoms with van der Waals surface area (Å²) in [5.41, 5.74) is 4.90. The first-order chi connectivity index (χ1) is 24.8. The molecule has 4 aliphatic heterocycles. The molecule has 11 nitrogen and oxygen atoms in total. The standard InChI is InChI=1S/C42H73NO10/c1-11-30(37(45)27(7)36(44)28(8)38-24(4)14-15-33(50-38)32(12-2)39(46)47)23-34-25(5)22-26(6)42(51-34)21-17-31(43)16-19-40(10,52-53-42)35-18-20-41(48,13-3)29(9)49-35/h17,21,24-36,38,44,48H,11-16,18-20,22-23,43H2,1-10H3,(H,46,47)/b21-17-/t24-,25-,26+,27-,28-,29-,30?,31+,32+,33+,34-,35+,36+,38+,40-,41+,42-/m0/s1. The molecule has 0 amide bonds. The van der Waals surface area contributed by atoms with Crippen molar-refractivity contribution in [3.05, 3.63) is 12.2 Å². The molecule has 3 saturated heterocycles. The third-order valence-electron chi connectivity index (χ3n) is 14.0. The van der Waals surface area contributed by atoms with Gasteiger partial charge in [-0.2, -0.15) is 4.89 Å². The van der Waals surface area contributed by atoms with Crippen LogP contribution in [0.5, 0.6) is 0 Å². The Kier molecular flexibility index (Phi) is 15.2. The molecule has 11 heteroatoms. The zero-order chi connectivity index (χ0) is 39.5. The highest BCUT2D eigenvalue weighted by Gasteiger charge is 2.52. The second-order valence-corrected chi connectivity index (χ2v) is 17.7. The van der Waals surface area contributed by atoms with Gasteiger partial charge >= 0.3 is 5.97 Å². The number of aliphatic hydroxyl groups excluding tert-OH is 1. The molecular weight excluding hydrogens is 678 g/mol. The summed E-state index contributed by atoms with van der Waals surface area (Å²) in [4.78, 5) is 39.0. The monoisotopic (exact) mass is 752 g/mol. The van der Waals surface area contributed by atoms with Crippen molar-refractivity contribution in [3.8, 4) is 0 Å². The number of hydrogen-bond acceptors (Lipinski definition) is 10. The molecule has 4 aliphatic rings. The fraction of sp³-hybridized carbons (Fsp3) is 0.905. The molecule has 0 radical (unpaired) electrons. The lowest BCUT2D eigenvalue weighted by molar-refractivity contribution is -0.485. The lowest BCUT2D eigenvalue weighted by Gasteiger charge is -2.49. The molecule has 1 unspecified atom stereocenters. The first kappa shape index (κ1) is 44.3. The maximum atomic E-state index is 14.2. The molecule has 3 fully saturated rings. The van der Waals surface area contributed by atoms with E-state index in [-0.39, 0.29) is 65.8 Å². The molecule has 0 saturated carbocycles. The fourth-order valence-corrected chi connectivity index (χ4v) is 9.60. The number of ketones is 1. The summed E-state index contributed by atoms with van der Waals surface area (Å²) < 4.78 is 19.7. The van der Waals surface area contributed by atoms with E-state index in [1.165, 1.54) is 0 Å². The highest BCUT2D eigenvalue weighted by atomic mass is 17.2. The third kappa shape index (κ3) is 9.75. The minimum atomic E-state index is -1.23. The van der Waals surface area contributed by atoms with Gasteiger partial charge in [-0.15, -0.1) is 0 Å². The maximum Gasteiger partial charge on any atom is 0.309 e. The van der Waals surface area contributed by atoms with Crippen LogP contribution in [-0.4, -0.2) is 86.7 Å². The quantitative estimate of drug-likeness (QED) is 0.116. The molecule has 17 atom stereocenters. The first-order valence-electron chi connectivity index (χ1n) is 20.8. The van der Waals surface area contributed by atoms with E-state index in [2.05, 4.69) is 20.8 Å². The number of rotatable bonds is 13. The minimum Gasteiger partial charge on any atom is -0.481 e. The Morgan fingerprint density at radius 3 is 2.25 bits per heavy atom. The van der Waals surface area contributed by atoms with E-state index in [0.29, 0.717) is 57.8 Å². The van der Waals surface area contributed by atoms with E-state index in [1.54, 1.807) is 6.92 Å². The van der Waals surface area contributed by atoms with Crippen LogP contribution in [0.15, 0.2) is 12.2 Å². The van der Waals surface area contributed by atoms with Crippen molar-refractivity contribution < 1.29 is 48.9 Å². The van der Waals surface area contributed by atoms with Crippen molar-refractivity contribution in [2.24, 2.45) is 47.2 Å². The SMILES string of the molecule is CCC(C[C@@H]1O[C@]2(/C=C\[C@H](N)CC[C@@](C)([C@H]3CC[C@](O)(CC)[C@H](C)O3)OO2)[C@H](C)C[C@@H]1C)C(=O)[C@@H](C)[C@@H](O)[C@H](C)[C@@H]1O[C@@H]([C@@H](CC)C(=O)O)CC[C@@H]1C. The van der Waals surface area contributed by atoms with E-state index in [4.69, 9.17) is 29.7 Å². The van der Waals surface area contributed by atoms with Gasteiger partial charge in [-0.05, 0) is 102 Å². The number of carboxylic acid groups (broad SMARTS) is 1.